The van der Waals surface area contributed by atoms with Crippen LogP contribution in [0.1, 0.15) is 54.6 Å². The van der Waals surface area contributed by atoms with Crippen LogP contribution in [0.2, 0.25) is 0 Å². The van der Waals surface area contributed by atoms with E-state index < -0.39 is 17.7 Å². The number of benzene rings is 2. The fraction of sp³-hybridized carbons (Fsp3) is 0.276. The minimum absolute atomic E-state index is 0.0743. The molecule has 3 aromatic rings. The van der Waals surface area contributed by atoms with E-state index in [1.165, 1.54) is 4.90 Å². The van der Waals surface area contributed by atoms with Crippen molar-refractivity contribution in [2.75, 3.05) is 7.11 Å². The van der Waals surface area contributed by atoms with Gasteiger partial charge in [0.1, 0.15) is 11.5 Å². The van der Waals surface area contributed by atoms with Crippen LogP contribution in [0.4, 0.5) is 0 Å². The zero-order chi connectivity index (χ0) is 25.3. The van der Waals surface area contributed by atoms with Gasteiger partial charge < -0.3 is 14.7 Å². The number of ketones is 1. The fourth-order valence-electron chi connectivity index (χ4n) is 4.44. The molecule has 35 heavy (non-hydrogen) atoms. The number of nitrogens with zero attached hydrogens (tertiary/aromatic N) is 2. The summed E-state index contributed by atoms with van der Waals surface area (Å²) in [6.45, 7) is 8.30. The first-order valence-corrected chi connectivity index (χ1v) is 11.5. The highest BCUT2D eigenvalue weighted by Gasteiger charge is 2.46. The third-order valence-corrected chi connectivity index (χ3v) is 6.45. The first kappa shape index (κ1) is 24.2. The number of hydrogen-bond donors (Lipinski definition) is 1. The third-order valence-electron chi connectivity index (χ3n) is 6.45. The molecule has 0 spiro atoms. The van der Waals surface area contributed by atoms with Gasteiger partial charge in [0.2, 0.25) is 0 Å². The van der Waals surface area contributed by atoms with Gasteiger partial charge in [0.25, 0.3) is 11.7 Å². The molecule has 1 fully saturated rings. The van der Waals surface area contributed by atoms with Crippen molar-refractivity contribution in [1.82, 2.24) is 9.88 Å². The van der Waals surface area contributed by atoms with Crippen molar-refractivity contribution in [1.29, 1.82) is 0 Å². The number of carbonyl (C=O) groups is 2. The maximum absolute atomic E-state index is 13.4. The summed E-state index contributed by atoms with van der Waals surface area (Å²) in [6.07, 6.45) is 3.23. The highest BCUT2D eigenvalue weighted by Crippen LogP contribution is 2.41. The molecule has 1 aliphatic heterocycles. The quantitative estimate of drug-likeness (QED) is 0.310. The molecule has 1 N–H and O–H groups in total. The Kier molecular flexibility index (Phi) is 6.48. The first-order chi connectivity index (χ1) is 16.6. The number of aromatic nitrogens is 1. The monoisotopic (exact) mass is 470 g/mol. The Morgan fingerprint density at radius 3 is 2.40 bits per heavy atom. The van der Waals surface area contributed by atoms with E-state index in [2.05, 4.69) is 25.8 Å². The van der Waals surface area contributed by atoms with E-state index in [0.717, 1.165) is 16.7 Å². The largest absolute Gasteiger partial charge is 0.507 e. The molecule has 2 aromatic carbocycles. The van der Waals surface area contributed by atoms with Gasteiger partial charge in [-0.25, -0.2) is 0 Å². The molecule has 1 amide bonds. The summed E-state index contributed by atoms with van der Waals surface area (Å²) in [5.74, 6) is -0.920. The number of methoxy groups -OCH3 is 1. The van der Waals surface area contributed by atoms with Crippen LogP contribution >= 0.6 is 0 Å². The van der Waals surface area contributed by atoms with Gasteiger partial charge in [-0.15, -0.1) is 0 Å². The predicted octanol–water partition coefficient (Wildman–Crippen LogP) is 5.32. The summed E-state index contributed by atoms with van der Waals surface area (Å²) in [4.78, 5) is 32.3. The van der Waals surface area contributed by atoms with E-state index >= 15 is 0 Å². The minimum atomic E-state index is -0.763. The highest BCUT2D eigenvalue weighted by molar-refractivity contribution is 6.46. The number of rotatable bonds is 5. The van der Waals surface area contributed by atoms with E-state index in [9.17, 15) is 14.7 Å². The number of amides is 1. The molecule has 1 unspecified atom stereocenters. The first-order valence-electron chi connectivity index (χ1n) is 11.5. The van der Waals surface area contributed by atoms with E-state index in [0.29, 0.717) is 16.9 Å². The van der Waals surface area contributed by atoms with Crippen LogP contribution in [0.3, 0.4) is 0 Å². The Hall–Kier alpha value is -3.93. The lowest BCUT2D eigenvalue weighted by molar-refractivity contribution is -0.140. The number of para-hydroxylation sites is 1. The van der Waals surface area contributed by atoms with Crippen LogP contribution in [-0.2, 0) is 21.5 Å². The van der Waals surface area contributed by atoms with Crippen molar-refractivity contribution in [2.24, 2.45) is 0 Å². The SMILES string of the molecule is COc1ccccc1CN1C(=O)C(=O)/C(=C(/O)c2cc(C(C)(C)C)ccc2C)C1c1ccncc1. The second kappa shape index (κ2) is 9.37. The smallest absolute Gasteiger partial charge is 0.295 e. The molecule has 6 nitrogen and oxygen atoms in total. The van der Waals surface area contributed by atoms with Crippen molar-refractivity contribution >= 4 is 17.4 Å². The van der Waals surface area contributed by atoms with E-state index in [-0.39, 0.29) is 23.3 Å². The lowest BCUT2D eigenvalue weighted by Crippen LogP contribution is -2.29. The number of Topliss-reactive ketones (excluding diaryl/α,β-unsaturated/α-hetero) is 1. The zero-order valence-corrected chi connectivity index (χ0v) is 20.7. The summed E-state index contributed by atoms with van der Waals surface area (Å²) in [7, 11) is 1.57. The number of carbonyl (C=O) groups excluding carboxylic acids is 2. The number of hydrogen-bond acceptors (Lipinski definition) is 5. The Balaban J connectivity index is 1.90. The number of pyridine rings is 1. The Morgan fingerprint density at radius 1 is 1.06 bits per heavy atom. The molecule has 0 aliphatic carbocycles. The van der Waals surface area contributed by atoms with Crippen LogP contribution in [0, 0.1) is 6.92 Å². The molecule has 1 atom stereocenters. The van der Waals surface area contributed by atoms with Gasteiger partial charge in [0.15, 0.2) is 0 Å². The normalized spacial score (nSPS) is 17.6. The summed E-state index contributed by atoms with van der Waals surface area (Å²) < 4.78 is 5.47. The second-order valence-corrected chi connectivity index (χ2v) is 9.80. The third kappa shape index (κ3) is 4.56. The molecule has 6 heteroatoms. The maximum atomic E-state index is 13.4. The Bertz CT molecular complexity index is 1310. The number of ether oxygens (including phenoxy) is 1. The highest BCUT2D eigenvalue weighted by atomic mass is 16.5. The van der Waals surface area contributed by atoms with Gasteiger partial charge in [-0.3, -0.25) is 14.6 Å². The van der Waals surface area contributed by atoms with E-state index in [4.69, 9.17) is 4.74 Å². The number of likely N-dealkylation sites (tertiary alicyclic amines) is 1. The summed E-state index contributed by atoms with van der Waals surface area (Å²) in [5, 5.41) is 11.5. The minimum Gasteiger partial charge on any atom is -0.507 e. The van der Waals surface area contributed by atoms with Gasteiger partial charge >= 0.3 is 0 Å². The molecule has 0 saturated carbocycles. The van der Waals surface area contributed by atoms with Crippen molar-refractivity contribution in [3.8, 4) is 5.75 Å². The van der Waals surface area contributed by atoms with E-state index in [1.54, 1.807) is 31.6 Å². The summed E-state index contributed by atoms with van der Waals surface area (Å²) >= 11 is 0. The van der Waals surface area contributed by atoms with Crippen LogP contribution < -0.4 is 4.74 Å². The maximum Gasteiger partial charge on any atom is 0.295 e. The van der Waals surface area contributed by atoms with Gasteiger partial charge in [-0.05, 0) is 53.3 Å². The van der Waals surface area contributed by atoms with Crippen molar-refractivity contribution in [3.63, 3.8) is 0 Å². The number of aliphatic hydroxyl groups excluding tert-OH is 1. The standard InChI is InChI=1S/C29H30N2O4/c1-18-10-11-21(29(2,3)4)16-22(18)26(32)24-25(19-12-14-30-15-13-19)31(28(34)27(24)33)17-20-8-6-7-9-23(20)35-5/h6-16,25,32H,17H2,1-5H3/b26-24+. The fourth-order valence-corrected chi connectivity index (χ4v) is 4.44. The molecule has 1 aromatic heterocycles. The van der Waals surface area contributed by atoms with Gasteiger partial charge in [-0.1, -0.05) is 51.1 Å². The van der Waals surface area contributed by atoms with Crippen LogP contribution in [0.5, 0.6) is 5.75 Å². The molecule has 180 valence electrons. The zero-order valence-electron chi connectivity index (χ0n) is 20.7. The van der Waals surface area contributed by atoms with Crippen molar-refractivity contribution < 1.29 is 19.4 Å². The van der Waals surface area contributed by atoms with Crippen LogP contribution in [0.25, 0.3) is 5.76 Å². The Morgan fingerprint density at radius 2 is 1.74 bits per heavy atom. The van der Waals surface area contributed by atoms with E-state index in [1.807, 2.05) is 49.4 Å². The molecule has 0 radical (unpaired) electrons. The molecular formula is C29H30N2O4. The molecule has 4 rings (SSSR count). The molecule has 1 aliphatic rings. The lowest BCUT2D eigenvalue weighted by Gasteiger charge is -2.26. The Labute approximate surface area is 205 Å². The number of aryl methyl sites for hydroxylation is 1. The average molecular weight is 471 g/mol. The summed E-state index contributed by atoms with van der Waals surface area (Å²) in [5.41, 5.74) is 3.77. The van der Waals surface area contributed by atoms with Crippen LogP contribution in [0.15, 0.2) is 72.6 Å². The molecule has 0 bridgehead atoms. The van der Waals surface area contributed by atoms with Crippen molar-refractivity contribution in [3.05, 3.63) is 100 Å². The summed E-state index contributed by atoms with van der Waals surface area (Å²) in [6, 6.07) is 16.0. The second-order valence-electron chi connectivity index (χ2n) is 9.80. The van der Waals surface area contributed by atoms with Gasteiger partial charge in [0, 0.05) is 23.5 Å². The molecule has 2 heterocycles. The van der Waals surface area contributed by atoms with Gasteiger partial charge in [-0.2, -0.15) is 0 Å². The lowest BCUT2D eigenvalue weighted by atomic mass is 9.84. The predicted molar refractivity (Wildman–Crippen MR) is 135 cm³/mol. The number of aliphatic hydroxyl groups is 1. The average Bonchev–Trinajstić information content (AvgIpc) is 3.09. The molecular weight excluding hydrogens is 440 g/mol. The topological polar surface area (TPSA) is 79.7 Å². The van der Waals surface area contributed by atoms with Crippen LogP contribution in [-0.4, -0.2) is 33.8 Å². The van der Waals surface area contributed by atoms with Gasteiger partial charge in [0.05, 0.1) is 25.3 Å². The van der Waals surface area contributed by atoms with Crippen molar-refractivity contribution in [2.45, 2.75) is 45.7 Å². The molecule has 1 saturated heterocycles.